The van der Waals surface area contributed by atoms with Crippen molar-refractivity contribution in [3.8, 4) is 0 Å². The van der Waals surface area contributed by atoms with Gasteiger partial charge >= 0.3 is 0 Å². The van der Waals surface area contributed by atoms with Gasteiger partial charge in [-0.05, 0) is 43.9 Å². The number of carbonyl (C=O) groups is 1. The Morgan fingerprint density at radius 1 is 1.35 bits per heavy atom. The van der Waals surface area contributed by atoms with Crippen LogP contribution in [0.5, 0.6) is 0 Å². The largest absolute Gasteiger partial charge is 0.379 e. The molecule has 1 amide bonds. The summed E-state index contributed by atoms with van der Waals surface area (Å²) in [5.74, 6) is 0.126. The van der Waals surface area contributed by atoms with Gasteiger partial charge in [-0.15, -0.1) is 0 Å². The molecule has 0 aromatic heterocycles. The molecule has 0 saturated carbocycles. The number of benzene rings is 1. The fourth-order valence-electron chi connectivity index (χ4n) is 2.34. The van der Waals surface area contributed by atoms with Gasteiger partial charge in [0.2, 0.25) is 5.91 Å². The lowest BCUT2D eigenvalue weighted by Gasteiger charge is -2.18. The Morgan fingerprint density at radius 3 is 2.70 bits per heavy atom. The van der Waals surface area contributed by atoms with E-state index in [2.05, 4.69) is 10.6 Å². The Balaban J connectivity index is 2.68. The van der Waals surface area contributed by atoms with E-state index in [-0.39, 0.29) is 22.4 Å². The minimum Gasteiger partial charge on any atom is -0.379 e. The number of nitrogens with two attached hydrogens (primary N) is 1. The van der Waals surface area contributed by atoms with Crippen molar-refractivity contribution in [2.45, 2.75) is 33.1 Å². The highest BCUT2D eigenvalue weighted by Crippen LogP contribution is 2.25. The molecule has 0 heterocycles. The van der Waals surface area contributed by atoms with Crippen LogP contribution in [0.15, 0.2) is 18.2 Å². The Hall–Kier alpha value is -2.15. The second-order valence-electron chi connectivity index (χ2n) is 5.75. The van der Waals surface area contributed by atoms with Crippen LogP contribution in [0.2, 0.25) is 0 Å². The quantitative estimate of drug-likeness (QED) is 0.347. The summed E-state index contributed by atoms with van der Waals surface area (Å²) in [6.45, 7) is 5.06. The second kappa shape index (κ2) is 9.78. The SMILES string of the molecule is CC(=O)NCC(CCCCN)CNc1ccc(C)cc1[N+](=O)[O-]. The van der Waals surface area contributed by atoms with Crippen LogP contribution < -0.4 is 16.4 Å². The van der Waals surface area contributed by atoms with Gasteiger partial charge in [-0.25, -0.2) is 0 Å². The summed E-state index contributed by atoms with van der Waals surface area (Å²) in [6, 6.07) is 5.12. The predicted octanol–water partition coefficient (Wildman–Crippen LogP) is 2.20. The molecule has 4 N–H and O–H groups in total. The minimum absolute atomic E-state index is 0.0739. The van der Waals surface area contributed by atoms with Crippen LogP contribution in [0.3, 0.4) is 0 Å². The van der Waals surface area contributed by atoms with Crippen LogP contribution in [0, 0.1) is 23.0 Å². The molecule has 0 spiro atoms. The molecule has 0 aliphatic rings. The molecule has 7 nitrogen and oxygen atoms in total. The van der Waals surface area contributed by atoms with Gasteiger partial charge in [0.15, 0.2) is 0 Å². The van der Waals surface area contributed by atoms with Crippen LogP contribution in [0.1, 0.15) is 31.7 Å². The second-order valence-corrected chi connectivity index (χ2v) is 5.75. The molecule has 0 radical (unpaired) electrons. The Morgan fingerprint density at radius 2 is 2.09 bits per heavy atom. The zero-order valence-corrected chi connectivity index (χ0v) is 13.8. The number of nitrogens with one attached hydrogen (secondary N) is 2. The molecule has 0 bridgehead atoms. The summed E-state index contributed by atoms with van der Waals surface area (Å²) >= 11 is 0. The highest BCUT2D eigenvalue weighted by molar-refractivity contribution is 5.72. The van der Waals surface area contributed by atoms with E-state index in [1.807, 2.05) is 13.0 Å². The van der Waals surface area contributed by atoms with Gasteiger partial charge in [0, 0.05) is 26.1 Å². The van der Waals surface area contributed by atoms with Gasteiger partial charge in [0.25, 0.3) is 5.69 Å². The van der Waals surface area contributed by atoms with Gasteiger partial charge < -0.3 is 16.4 Å². The lowest BCUT2D eigenvalue weighted by Crippen LogP contribution is -2.31. The van der Waals surface area contributed by atoms with Crippen LogP contribution >= 0.6 is 0 Å². The summed E-state index contributed by atoms with van der Waals surface area (Å²) < 4.78 is 0. The Labute approximate surface area is 136 Å². The fraction of sp³-hybridized carbons (Fsp3) is 0.562. The van der Waals surface area contributed by atoms with Crippen molar-refractivity contribution in [2.24, 2.45) is 11.7 Å². The number of aryl methyl sites for hydroxylation is 1. The third-order valence-electron chi connectivity index (χ3n) is 3.64. The highest BCUT2D eigenvalue weighted by atomic mass is 16.6. The van der Waals surface area contributed by atoms with E-state index < -0.39 is 0 Å². The van der Waals surface area contributed by atoms with E-state index in [9.17, 15) is 14.9 Å². The maximum Gasteiger partial charge on any atom is 0.292 e. The molecule has 7 heteroatoms. The third-order valence-corrected chi connectivity index (χ3v) is 3.64. The summed E-state index contributed by atoms with van der Waals surface area (Å²) in [5.41, 5.74) is 6.94. The van der Waals surface area contributed by atoms with Crippen molar-refractivity contribution in [1.82, 2.24) is 5.32 Å². The minimum atomic E-state index is -0.382. The maximum atomic E-state index is 11.1. The highest BCUT2D eigenvalue weighted by Gasteiger charge is 2.15. The number of hydrogen-bond donors (Lipinski definition) is 3. The van der Waals surface area contributed by atoms with Crippen molar-refractivity contribution < 1.29 is 9.72 Å². The molecule has 1 aromatic rings. The van der Waals surface area contributed by atoms with Crippen molar-refractivity contribution >= 4 is 17.3 Å². The van der Waals surface area contributed by atoms with Crippen LogP contribution in [-0.2, 0) is 4.79 Å². The third kappa shape index (κ3) is 7.10. The summed E-state index contributed by atoms with van der Waals surface area (Å²) in [6.07, 6.45) is 2.81. The molecule has 1 atom stereocenters. The molecule has 1 unspecified atom stereocenters. The van der Waals surface area contributed by atoms with Gasteiger partial charge in [-0.1, -0.05) is 12.5 Å². The molecule has 1 aromatic carbocycles. The molecule has 0 aliphatic carbocycles. The van der Waals surface area contributed by atoms with E-state index in [0.29, 0.717) is 25.3 Å². The molecule has 0 aliphatic heterocycles. The number of nitro groups is 1. The lowest BCUT2D eigenvalue weighted by atomic mass is 10.0. The van der Waals surface area contributed by atoms with E-state index in [1.165, 1.54) is 6.92 Å². The first-order valence-corrected chi connectivity index (χ1v) is 7.87. The number of amides is 1. The van der Waals surface area contributed by atoms with E-state index in [1.54, 1.807) is 12.1 Å². The van der Waals surface area contributed by atoms with Crippen molar-refractivity contribution in [3.05, 3.63) is 33.9 Å². The molecule has 128 valence electrons. The first-order valence-electron chi connectivity index (χ1n) is 7.87. The molecule has 23 heavy (non-hydrogen) atoms. The standard InChI is InChI=1S/C16H26N4O3/c1-12-6-7-15(16(9-12)20(22)23)19-11-14(5-3-4-8-17)10-18-13(2)21/h6-7,9,14,19H,3-5,8,10-11,17H2,1-2H3,(H,18,21). The smallest absolute Gasteiger partial charge is 0.292 e. The van der Waals surface area contributed by atoms with Crippen LogP contribution in [0.25, 0.3) is 0 Å². The average molecular weight is 322 g/mol. The number of hydrogen-bond acceptors (Lipinski definition) is 5. The lowest BCUT2D eigenvalue weighted by molar-refractivity contribution is -0.384. The maximum absolute atomic E-state index is 11.1. The van der Waals surface area contributed by atoms with E-state index >= 15 is 0 Å². The number of anilines is 1. The van der Waals surface area contributed by atoms with E-state index in [0.717, 1.165) is 24.8 Å². The molecule has 1 rings (SSSR count). The monoisotopic (exact) mass is 322 g/mol. The predicted molar refractivity (Wildman–Crippen MR) is 91.4 cm³/mol. The van der Waals surface area contributed by atoms with Crippen LogP contribution in [0.4, 0.5) is 11.4 Å². The Kier molecular flexibility index (Phi) is 8.04. The average Bonchev–Trinajstić information content (AvgIpc) is 2.50. The van der Waals surface area contributed by atoms with Crippen LogP contribution in [-0.4, -0.2) is 30.5 Å². The number of carbonyl (C=O) groups excluding carboxylic acids is 1. The number of nitrogens with zero attached hydrogens (tertiary/aromatic N) is 1. The number of nitro benzene ring substituents is 1. The summed E-state index contributed by atoms with van der Waals surface area (Å²) in [4.78, 5) is 21.8. The van der Waals surface area contributed by atoms with Crippen molar-refractivity contribution in [3.63, 3.8) is 0 Å². The molecule has 0 saturated heterocycles. The number of unbranched alkanes of at least 4 members (excludes halogenated alkanes) is 1. The van der Waals surface area contributed by atoms with Crippen molar-refractivity contribution in [1.29, 1.82) is 0 Å². The first kappa shape index (κ1) is 18.9. The topological polar surface area (TPSA) is 110 Å². The summed E-state index contributed by atoms with van der Waals surface area (Å²) in [5, 5.41) is 17.1. The van der Waals surface area contributed by atoms with Gasteiger partial charge in [0.05, 0.1) is 4.92 Å². The zero-order valence-electron chi connectivity index (χ0n) is 13.8. The fourth-order valence-corrected chi connectivity index (χ4v) is 2.34. The Bertz CT molecular complexity index is 534. The van der Waals surface area contributed by atoms with Gasteiger partial charge in [0.1, 0.15) is 5.69 Å². The van der Waals surface area contributed by atoms with E-state index in [4.69, 9.17) is 5.73 Å². The zero-order chi connectivity index (χ0) is 17.2. The normalized spacial score (nSPS) is 11.8. The van der Waals surface area contributed by atoms with Gasteiger partial charge in [-0.2, -0.15) is 0 Å². The molecule has 0 fully saturated rings. The molecular formula is C16H26N4O3. The number of rotatable bonds is 10. The molecular weight excluding hydrogens is 296 g/mol. The van der Waals surface area contributed by atoms with Gasteiger partial charge in [-0.3, -0.25) is 14.9 Å². The summed E-state index contributed by atoms with van der Waals surface area (Å²) in [7, 11) is 0. The van der Waals surface area contributed by atoms with Crippen molar-refractivity contribution in [2.75, 3.05) is 25.0 Å². The first-order chi connectivity index (χ1) is 10.9.